The second-order valence-corrected chi connectivity index (χ2v) is 19.6. The molecule has 0 fully saturated rings. The van der Waals surface area contributed by atoms with Crippen LogP contribution >= 0.6 is 22.9 Å². The Balaban J connectivity index is 0.726. The highest BCUT2D eigenvalue weighted by molar-refractivity contribution is 7.90. The van der Waals surface area contributed by atoms with Gasteiger partial charge in [-0.15, -0.1) is 21.5 Å². The first kappa shape index (κ1) is 47.9. The van der Waals surface area contributed by atoms with Crippen LogP contribution in [0.3, 0.4) is 0 Å². The molecular weight excluding hydrogens is 888 g/mol. The van der Waals surface area contributed by atoms with Gasteiger partial charge in [-0.3, -0.25) is 19.1 Å². The number of aromatic nitrogens is 4. The number of nitrogens with one attached hydrogen (secondary N) is 2. The van der Waals surface area contributed by atoms with E-state index in [0.717, 1.165) is 55.3 Å². The summed E-state index contributed by atoms with van der Waals surface area (Å²) in [7, 11) is -3.63. The molecule has 65 heavy (non-hydrogen) atoms. The van der Waals surface area contributed by atoms with Gasteiger partial charge in [-0.2, -0.15) is 0 Å². The molecule has 17 heteroatoms. The number of fused-ring (bicyclic) bond motifs is 4. The molecule has 1 atom stereocenters. The van der Waals surface area contributed by atoms with Gasteiger partial charge in [-0.25, -0.2) is 8.42 Å². The van der Waals surface area contributed by atoms with Crippen LogP contribution in [0, 0.1) is 34.6 Å². The lowest BCUT2D eigenvalue weighted by Gasteiger charge is -2.12. The van der Waals surface area contributed by atoms with Crippen molar-refractivity contribution in [2.75, 3.05) is 59.4 Å². The lowest BCUT2D eigenvalue weighted by atomic mass is 9.99. The maximum Gasteiger partial charge on any atom is 0.251 e. The van der Waals surface area contributed by atoms with Crippen LogP contribution in [0.5, 0.6) is 0 Å². The molecule has 344 valence electrons. The highest BCUT2D eigenvalue weighted by atomic mass is 35.5. The summed E-state index contributed by atoms with van der Waals surface area (Å²) >= 11 is 7.90. The number of aryl methyl sites for hydroxylation is 4. The fraction of sp³-hybridized carbons (Fsp3) is 0.396. The van der Waals surface area contributed by atoms with Gasteiger partial charge in [-0.05, 0) is 99.7 Å². The summed E-state index contributed by atoms with van der Waals surface area (Å²) in [6, 6.07) is 16.9. The predicted octanol–water partition coefficient (Wildman–Crippen LogP) is 8.11. The number of thiophene rings is 1. The Hall–Kier alpha value is -5.07. The zero-order valence-electron chi connectivity index (χ0n) is 37.4. The zero-order chi connectivity index (χ0) is 46.1. The van der Waals surface area contributed by atoms with E-state index in [2.05, 4.69) is 38.9 Å². The van der Waals surface area contributed by atoms with E-state index in [1.807, 2.05) is 63.4 Å². The number of aromatic amines is 1. The first-order valence-corrected chi connectivity index (χ1v) is 24.5. The number of sulfone groups is 1. The van der Waals surface area contributed by atoms with Crippen LogP contribution in [0.1, 0.15) is 85.6 Å². The molecule has 3 aromatic carbocycles. The van der Waals surface area contributed by atoms with Crippen molar-refractivity contribution < 1.29 is 37.0 Å². The van der Waals surface area contributed by atoms with E-state index in [-0.39, 0.29) is 35.3 Å². The summed E-state index contributed by atoms with van der Waals surface area (Å²) < 4.78 is 51.0. The van der Waals surface area contributed by atoms with Gasteiger partial charge in [0.15, 0.2) is 15.7 Å². The maximum atomic E-state index is 13.3. The molecule has 0 saturated heterocycles. The van der Waals surface area contributed by atoms with Crippen LogP contribution in [-0.4, -0.2) is 105 Å². The molecule has 1 aliphatic heterocycles. The second kappa shape index (κ2) is 21.9. The number of H-pyrrole nitrogens is 1. The van der Waals surface area contributed by atoms with Gasteiger partial charge in [0.25, 0.3) is 5.91 Å². The molecule has 0 saturated carbocycles. The molecule has 0 unspecified atom stereocenters. The minimum Gasteiger partial charge on any atom is -0.379 e. The number of carbonyl (C=O) groups excluding carboxylic acids is 2. The van der Waals surface area contributed by atoms with E-state index in [1.54, 1.807) is 11.3 Å². The number of hydrogen-bond donors (Lipinski definition) is 2. The summed E-state index contributed by atoms with van der Waals surface area (Å²) in [6.07, 6.45) is 3.02. The lowest BCUT2D eigenvalue weighted by Crippen LogP contribution is -2.27. The third kappa shape index (κ3) is 11.7. The van der Waals surface area contributed by atoms with Gasteiger partial charge in [-0.1, -0.05) is 35.9 Å². The Morgan fingerprint density at radius 2 is 1.48 bits per heavy atom. The Kier molecular flexibility index (Phi) is 16.2. The van der Waals surface area contributed by atoms with Crippen molar-refractivity contribution in [3.63, 3.8) is 0 Å². The average molecular weight is 944 g/mol. The van der Waals surface area contributed by atoms with Crippen LogP contribution in [0.4, 0.5) is 0 Å². The van der Waals surface area contributed by atoms with Crippen molar-refractivity contribution in [2.24, 2.45) is 4.99 Å². The van der Waals surface area contributed by atoms with E-state index in [1.165, 1.54) is 29.1 Å². The monoisotopic (exact) mass is 942 g/mol. The molecule has 4 heterocycles. The van der Waals surface area contributed by atoms with Crippen molar-refractivity contribution in [3.8, 4) is 5.00 Å². The Morgan fingerprint density at radius 3 is 2.17 bits per heavy atom. The fourth-order valence-electron chi connectivity index (χ4n) is 7.82. The third-order valence-corrected chi connectivity index (χ3v) is 14.4. The number of carbonyl (C=O) groups is 2. The largest absolute Gasteiger partial charge is 0.379 e. The van der Waals surface area contributed by atoms with E-state index in [0.29, 0.717) is 87.7 Å². The van der Waals surface area contributed by atoms with Crippen molar-refractivity contribution in [2.45, 2.75) is 70.6 Å². The number of Topliss-reactive ketones (excluding diaryl/α,β-unsaturated/α-hetero) is 1. The van der Waals surface area contributed by atoms with Crippen LogP contribution in [0.2, 0.25) is 5.02 Å². The molecule has 6 aromatic rings. The first-order chi connectivity index (χ1) is 31.3. The number of nitrogens with zero attached hydrogens (tertiary/aromatic N) is 4. The van der Waals surface area contributed by atoms with E-state index < -0.39 is 15.9 Å². The number of rotatable bonds is 23. The SMILES string of the molecule is Cc1sc2c(c1C)C(c1ccc(Cl)cc1)=N[C@@H](CC(=O)CCCOCCOCCOCCOCCNC(=O)c1ccc(S(=O)(=O)Cc3ccc(C)c4c(C)c[nH]c34)cc1)c1nnc(C)n1-2. The maximum absolute atomic E-state index is 13.3. The highest BCUT2D eigenvalue weighted by Crippen LogP contribution is 2.40. The number of ether oxygens (including phenoxy) is 4. The number of benzene rings is 3. The van der Waals surface area contributed by atoms with Gasteiger partial charge in [0.1, 0.15) is 22.7 Å². The number of aliphatic imine (C=N–C) groups is 1. The summed E-state index contributed by atoms with van der Waals surface area (Å²) in [5.41, 5.74) is 7.98. The number of halogens is 1. The minimum atomic E-state index is -3.63. The average Bonchev–Trinajstić information content (AvgIpc) is 3.94. The summed E-state index contributed by atoms with van der Waals surface area (Å²) in [5, 5.41) is 14.4. The first-order valence-electron chi connectivity index (χ1n) is 21.7. The molecule has 7 rings (SSSR count). The quantitative estimate of drug-likeness (QED) is 0.0597. The smallest absolute Gasteiger partial charge is 0.251 e. The molecule has 3 aromatic heterocycles. The molecular formula is C48H55ClN6O8S2. The highest BCUT2D eigenvalue weighted by Gasteiger charge is 2.32. The molecule has 2 N–H and O–H groups in total. The number of ketones is 1. The van der Waals surface area contributed by atoms with E-state index in [4.69, 9.17) is 35.5 Å². The van der Waals surface area contributed by atoms with Crippen LogP contribution in [-0.2, 0) is 39.3 Å². The number of hydrogen-bond acceptors (Lipinski definition) is 12. The molecule has 0 radical (unpaired) electrons. The topological polar surface area (TPSA) is 176 Å². The van der Waals surface area contributed by atoms with Gasteiger partial charge in [0.05, 0.1) is 68.1 Å². The van der Waals surface area contributed by atoms with Crippen LogP contribution in [0.15, 0.2) is 76.7 Å². The molecule has 0 bridgehead atoms. The summed E-state index contributed by atoms with van der Waals surface area (Å²) in [6.45, 7) is 13.5. The van der Waals surface area contributed by atoms with Crippen molar-refractivity contribution in [3.05, 3.63) is 127 Å². The van der Waals surface area contributed by atoms with Gasteiger partial charge in [0.2, 0.25) is 0 Å². The number of amides is 1. The summed E-state index contributed by atoms with van der Waals surface area (Å²) in [4.78, 5) is 35.7. The molecule has 0 aliphatic carbocycles. The Bertz CT molecular complexity index is 2760. The zero-order valence-corrected chi connectivity index (χ0v) is 39.8. The van der Waals surface area contributed by atoms with E-state index in [9.17, 15) is 18.0 Å². The van der Waals surface area contributed by atoms with Crippen LogP contribution < -0.4 is 5.32 Å². The van der Waals surface area contributed by atoms with Crippen molar-refractivity contribution in [1.29, 1.82) is 0 Å². The molecule has 1 aliphatic rings. The molecule has 14 nitrogen and oxygen atoms in total. The van der Waals surface area contributed by atoms with Gasteiger partial charge in [0, 0.05) is 64.2 Å². The van der Waals surface area contributed by atoms with Gasteiger partial charge < -0.3 is 29.2 Å². The van der Waals surface area contributed by atoms with Crippen molar-refractivity contribution in [1.82, 2.24) is 25.1 Å². The van der Waals surface area contributed by atoms with E-state index >= 15 is 0 Å². The molecule has 1 amide bonds. The van der Waals surface area contributed by atoms with Gasteiger partial charge >= 0.3 is 0 Å². The van der Waals surface area contributed by atoms with Crippen molar-refractivity contribution >= 4 is 61.1 Å². The third-order valence-electron chi connectivity index (χ3n) is 11.3. The lowest BCUT2D eigenvalue weighted by molar-refractivity contribution is -0.119. The minimum absolute atomic E-state index is 0.0755. The Morgan fingerprint density at radius 1 is 0.815 bits per heavy atom. The van der Waals surface area contributed by atoms with Crippen LogP contribution in [0.25, 0.3) is 15.9 Å². The standard InChI is InChI=1S/C48H55ClN6O8S2/c1-30-8-9-37(44-42(30)31(2)28-51-44)29-65(58,59)40-16-12-36(13-17-40)47(57)50-18-20-61-22-24-63-26-25-62-23-21-60-19-6-7-39(56)27-41-46-54-53-34(5)55(46)48-43(32(3)33(4)64-48)45(52-41)35-10-14-38(49)15-11-35/h8-17,28,41,51H,6-7,18-27,29H2,1-5H3,(H,50,57)/t41-/m0/s1. The summed E-state index contributed by atoms with van der Waals surface area (Å²) in [5.74, 6) is 1.02. The predicted molar refractivity (Wildman–Crippen MR) is 253 cm³/mol. The normalized spacial score (nSPS) is 13.7. The Labute approximate surface area is 388 Å². The molecule has 0 spiro atoms. The fourth-order valence-corrected chi connectivity index (χ4v) is 10.5. The second-order valence-electron chi connectivity index (χ2n) is 16.0.